The van der Waals surface area contributed by atoms with Crippen LogP contribution in [-0.4, -0.2) is 22.0 Å². The zero-order chi connectivity index (χ0) is 17.6. The highest BCUT2D eigenvalue weighted by Crippen LogP contribution is 2.25. The smallest absolute Gasteiger partial charge is 0.322 e. The third-order valence-corrected chi connectivity index (χ3v) is 4.42. The molecule has 1 aromatic heterocycles. The molecule has 2 amide bonds. The van der Waals surface area contributed by atoms with Gasteiger partial charge >= 0.3 is 6.03 Å². The van der Waals surface area contributed by atoms with Crippen LogP contribution in [0.4, 0.5) is 10.5 Å². The van der Waals surface area contributed by atoms with Crippen molar-refractivity contribution in [1.29, 1.82) is 0 Å². The monoisotopic (exact) mass is 335 g/mol. The van der Waals surface area contributed by atoms with Crippen molar-refractivity contribution >= 4 is 22.6 Å². The SMILES string of the molecule is CCCCN(Cc1ccccc1)C(=O)Nc1cn(C)c2ccccc12. The second kappa shape index (κ2) is 7.88. The molecule has 3 rings (SSSR count). The number of aromatic nitrogens is 1. The predicted molar refractivity (Wildman–Crippen MR) is 104 cm³/mol. The highest BCUT2D eigenvalue weighted by Gasteiger charge is 2.16. The zero-order valence-electron chi connectivity index (χ0n) is 14.9. The lowest BCUT2D eigenvalue weighted by Gasteiger charge is -2.23. The Labute approximate surface area is 149 Å². The standard InChI is InChI=1S/C21H25N3O/c1-3-4-14-24(15-17-10-6-5-7-11-17)21(25)22-19-16-23(2)20-13-9-8-12-18(19)20/h5-13,16H,3-4,14-15H2,1-2H3,(H,22,25). The van der Waals surface area contributed by atoms with Gasteiger partial charge in [0.25, 0.3) is 0 Å². The summed E-state index contributed by atoms with van der Waals surface area (Å²) in [4.78, 5) is 14.8. The number of anilines is 1. The molecular weight excluding hydrogens is 310 g/mol. The quantitative estimate of drug-likeness (QED) is 0.675. The number of para-hydroxylation sites is 1. The first-order valence-electron chi connectivity index (χ1n) is 8.83. The zero-order valence-corrected chi connectivity index (χ0v) is 14.9. The molecule has 0 aliphatic heterocycles. The topological polar surface area (TPSA) is 37.3 Å². The van der Waals surface area contributed by atoms with Gasteiger partial charge in [-0.15, -0.1) is 0 Å². The van der Waals surface area contributed by atoms with Crippen LogP contribution in [0.3, 0.4) is 0 Å². The van der Waals surface area contributed by atoms with Gasteiger partial charge in [-0.2, -0.15) is 0 Å². The van der Waals surface area contributed by atoms with Crippen LogP contribution < -0.4 is 5.32 Å². The van der Waals surface area contributed by atoms with Crippen LogP contribution in [0.5, 0.6) is 0 Å². The van der Waals surface area contributed by atoms with Crippen molar-refractivity contribution in [3.63, 3.8) is 0 Å². The molecule has 1 heterocycles. The Morgan fingerprint density at radius 2 is 1.80 bits per heavy atom. The molecule has 0 aliphatic rings. The van der Waals surface area contributed by atoms with Gasteiger partial charge in [0.15, 0.2) is 0 Å². The maximum Gasteiger partial charge on any atom is 0.322 e. The molecule has 0 radical (unpaired) electrons. The Balaban J connectivity index is 1.79. The summed E-state index contributed by atoms with van der Waals surface area (Å²) in [6, 6.07) is 18.2. The number of fused-ring (bicyclic) bond motifs is 1. The van der Waals surface area contributed by atoms with E-state index in [1.54, 1.807) is 0 Å². The molecule has 1 N–H and O–H groups in total. The fourth-order valence-corrected chi connectivity index (χ4v) is 3.04. The second-order valence-electron chi connectivity index (χ2n) is 6.36. The molecule has 0 atom stereocenters. The van der Waals surface area contributed by atoms with Crippen LogP contribution >= 0.6 is 0 Å². The van der Waals surface area contributed by atoms with Crippen molar-refractivity contribution in [2.45, 2.75) is 26.3 Å². The minimum absolute atomic E-state index is 0.0475. The van der Waals surface area contributed by atoms with Crippen molar-refractivity contribution in [3.05, 3.63) is 66.4 Å². The Bertz CT molecular complexity index is 839. The normalized spacial score (nSPS) is 10.8. The molecule has 3 aromatic rings. The number of nitrogens with one attached hydrogen (secondary N) is 1. The van der Waals surface area contributed by atoms with Gasteiger partial charge in [-0.25, -0.2) is 4.79 Å². The summed E-state index contributed by atoms with van der Waals surface area (Å²) in [7, 11) is 2.00. The lowest BCUT2D eigenvalue weighted by Crippen LogP contribution is -2.35. The molecular formula is C21H25N3O. The molecule has 4 nitrogen and oxygen atoms in total. The number of urea groups is 1. The first kappa shape index (κ1) is 17.1. The number of aryl methyl sites for hydroxylation is 1. The first-order chi connectivity index (χ1) is 12.2. The molecule has 0 saturated carbocycles. The highest BCUT2D eigenvalue weighted by molar-refractivity contribution is 6.01. The summed E-state index contributed by atoms with van der Waals surface area (Å²) in [5, 5.41) is 4.16. The summed E-state index contributed by atoms with van der Waals surface area (Å²) >= 11 is 0. The van der Waals surface area contributed by atoms with Gasteiger partial charge in [-0.1, -0.05) is 61.9 Å². The summed E-state index contributed by atoms with van der Waals surface area (Å²) in [6.07, 6.45) is 4.03. The number of benzene rings is 2. The van der Waals surface area contributed by atoms with Crippen molar-refractivity contribution in [2.24, 2.45) is 7.05 Å². The Morgan fingerprint density at radius 1 is 1.08 bits per heavy atom. The maximum atomic E-state index is 12.9. The number of hydrogen-bond donors (Lipinski definition) is 1. The van der Waals surface area contributed by atoms with Crippen LogP contribution in [0.15, 0.2) is 60.8 Å². The molecule has 0 aliphatic carbocycles. The Kier molecular flexibility index (Phi) is 5.39. The number of carbonyl (C=O) groups excluding carboxylic acids is 1. The van der Waals surface area contributed by atoms with E-state index in [9.17, 15) is 4.79 Å². The average Bonchev–Trinajstić information content (AvgIpc) is 2.95. The van der Waals surface area contributed by atoms with Crippen LogP contribution in [0.25, 0.3) is 10.9 Å². The first-order valence-corrected chi connectivity index (χ1v) is 8.83. The minimum Gasteiger partial charge on any atom is -0.348 e. The number of hydrogen-bond acceptors (Lipinski definition) is 1. The van der Waals surface area contributed by atoms with E-state index in [0.29, 0.717) is 6.54 Å². The van der Waals surface area contributed by atoms with Crippen molar-refractivity contribution in [1.82, 2.24) is 9.47 Å². The predicted octanol–water partition coefficient (Wildman–Crippen LogP) is 5.01. The van der Waals surface area contributed by atoms with Gasteiger partial charge in [0, 0.05) is 37.2 Å². The lowest BCUT2D eigenvalue weighted by molar-refractivity contribution is 0.208. The van der Waals surface area contributed by atoms with E-state index in [1.165, 1.54) is 0 Å². The van der Waals surface area contributed by atoms with E-state index in [4.69, 9.17) is 0 Å². The third-order valence-electron chi connectivity index (χ3n) is 4.42. The van der Waals surface area contributed by atoms with Gasteiger partial charge in [0.1, 0.15) is 0 Å². The van der Waals surface area contributed by atoms with Crippen molar-refractivity contribution in [2.75, 3.05) is 11.9 Å². The Morgan fingerprint density at radius 3 is 2.56 bits per heavy atom. The Hall–Kier alpha value is -2.75. The number of carbonyl (C=O) groups is 1. The highest BCUT2D eigenvalue weighted by atomic mass is 16.2. The molecule has 2 aromatic carbocycles. The molecule has 4 heteroatoms. The van der Waals surface area contributed by atoms with E-state index >= 15 is 0 Å². The van der Waals surface area contributed by atoms with Crippen molar-refractivity contribution in [3.8, 4) is 0 Å². The molecule has 130 valence electrons. The fraction of sp³-hybridized carbons (Fsp3) is 0.286. The van der Waals surface area contributed by atoms with Gasteiger partial charge < -0.3 is 14.8 Å². The average molecular weight is 335 g/mol. The van der Waals surface area contributed by atoms with Crippen LogP contribution in [0.1, 0.15) is 25.3 Å². The second-order valence-corrected chi connectivity index (χ2v) is 6.36. The number of nitrogens with zero attached hydrogens (tertiary/aromatic N) is 2. The number of amides is 2. The number of rotatable bonds is 6. The van der Waals surface area contributed by atoms with E-state index in [2.05, 4.69) is 30.4 Å². The van der Waals surface area contributed by atoms with Crippen LogP contribution in [0.2, 0.25) is 0 Å². The molecule has 0 spiro atoms. The van der Waals surface area contributed by atoms with Gasteiger partial charge in [-0.3, -0.25) is 0 Å². The minimum atomic E-state index is -0.0475. The maximum absolute atomic E-state index is 12.9. The van der Waals surface area contributed by atoms with Gasteiger partial charge in [0.2, 0.25) is 0 Å². The molecule has 0 saturated heterocycles. The van der Waals surface area contributed by atoms with Gasteiger partial charge in [0.05, 0.1) is 5.69 Å². The third kappa shape index (κ3) is 4.02. The van der Waals surface area contributed by atoms with Gasteiger partial charge in [-0.05, 0) is 18.1 Å². The summed E-state index contributed by atoms with van der Waals surface area (Å²) in [6.45, 7) is 3.52. The fourth-order valence-electron chi connectivity index (χ4n) is 3.04. The van der Waals surface area contributed by atoms with E-state index in [-0.39, 0.29) is 6.03 Å². The van der Waals surface area contributed by atoms with E-state index in [1.807, 2.05) is 59.1 Å². The molecule has 0 bridgehead atoms. The lowest BCUT2D eigenvalue weighted by atomic mass is 10.2. The van der Waals surface area contributed by atoms with Crippen LogP contribution in [-0.2, 0) is 13.6 Å². The van der Waals surface area contributed by atoms with E-state index in [0.717, 1.165) is 41.5 Å². The van der Waals surface area contributed by atoms with Crippen molar-refractivity contribution < 1.29 is 4.79 Å². The van der Waals surface area contributed by atoms with E-state index < -0.39 is 0 Å². The number of unbranched alkanes of at least 4 members (excludes halogenated alkanes) is 1. The summed E-state index contributed by atoms with van der Waals surface area (Å²) in [5.74, 6) is 0. The molecule has 0 fully saturated rings. The van der Waals surface area contributed by atoms with Crippen LogP contribution in [0, 0.1) is 0 Å². The summed E-state index contributed by atoms with van der Waals surface area (Å²) < 4.78 is 2.04. The molecule has 25 heavy (non-hydrogen) atoms. The summed E-state index contributed by atoms with van der Waals surface area (Å²) in [5.41, 5.74) is 3.12. The molecule has 0 unspecified atom stereocenters. The largest absolute Gasteiger partial charge is 0.348 e.